The third-order valence-corrected chi connectivity index (χ3v) is 5.61. The Morgan fingerprint density at radius 2 is 2.00 bits per heavy atom. The first kappa shape index (κ1) is 19.5. The van der Waals surface area contributed by atoms with Gasteiger partial charge in [0.05, 0.1) is 17.6 Å². The lowest BCUT2D eigenvalue weighted by atomic mass is 10.3. The van der Waals surface area contributed by atoms with Gasteiger partial charge in [0.25, 0.3) is 5.56 Å². The van der Waals surface area contributed by atoms with Crippen LogP contribution >= 0.6 is 23.4 Å². The van der Waals surface area contributed by atoms with Crippen molar-refractivity contribution < 1.29 is 14.3 Å². The zero-order chi connectivity index (χ0) is 21.4. The number of benzene rings is 2. The summed E-state index contributed by atoms with van der Waals surface area (Å²) in [6.45, 7) is 0.163. The van der Waals surface area contributed by atoms with Crippen molar-refractivity contribution in [2.75, 3.05) is 17.9 Å². The molecular formula is C20H14ClN5O4S. The molecule has 1 aliphatic heterocycles. The second kappa shape index (κ2) is 7.97. The summed E-state index contributed by atoms with van der Waals surface area (Å²) in [7, 11) is 0. The molecule has 2 aromatic carbocycles. The predicted octanol–water partition coefficient (Wildman–Crippen LogP) is 3.22. The lowest BCUT2D eigenvalue weighted by Gasteiger charge is -2.07. The highest BCUT2D eigenvalue weighted by Gasteiger charge is 2.15. The fourth-order valence-corrected chi connectivity index (χ4v) is 3.83. The van der Waals surface area contributed by atoms with Gasteiger partial charge in [-0.2, -0.15) is 5.10 Å². The number of anilines is 1. The van der Waals surface area contributed by atoms with Crippen LogP contribution in [0, 0.1) is 0 Å². The second-order valence-corrected chi connectivity index (χ2v) is 7.95. The number of aromatic amines is 1. The van der Waals surface area contributed by atoms with Crippen molar-refractivity contribution in [2.24, 2.45) is 0 Å². The first-order valence-corrected chi connectivity index (χ1v) is 10.5. The van der Waals surface area contributed by atoms with Crippen LogP contribution in [0.4, 0.5) is 5.69 Å². The molecule has 1 aliphatic rings. The molecule has 2 N–H and O–H groups in total. The van der Waals surface area contributed by atoms with Gasteiger partial charge in [0.2, 0.25) is 12.7 Å². The monoisotopic (exact) mass is 455 g/mol. The minimum absolute atomic E-state index is 0.0535. The number of aromatic nitrogens is 4. The molecule has 2 aromatic heterocycles. The van der Waals surface area contributed by atoms with Crippen LogP contribution in [0.15, 0.2) is 58.6 Å². The molecule has 0 spiro atoms. The van der Waals surface area contributed by atoms with E-state index in [-0.39, 0.29) is 24.0 Å². The number of rotatable bonds is 5. The summed E-state index contributed by atoms with van der Waals surface area (Å²) in [5, 5.41) is 8.30. The third-order valence-electron chi connectivity index (χ3n) is 4.48. The van der Waals surface area contributed by atoms with E-state index in [4.69, 9.17) is 21.1 Å². The van der Waals surface area contributed by atoms with Gasteiger partial charge in [-0.3, -0.25) is 9.59 Å². The fourth-order valence-electron chi connectivity index (χ4n) is 3.04. The highest BCUT2D eigenvalue weighted by molar-refractivity contribution is 7.99. The number of amides is 1. The number of nitrogens with zero attached hydrogens (tertiary/aromatic N) is 3. The number of nitrogens with one attached hydrogen (secondary N) is 2. The van der Waals surface area contributed by atoms with Crippen LogP contribution in [0.5, 0.6) is 11.5 Å². The van der Waals surface area contributed by atoms with Gasteiger partial charge in [0.1, 0.15) is 5.39 Å². The number of hydrogen-bond acceptors (Lipinski definition) is 7. The zero-order valence-corrected chi connectivity index (χ0v) is 17.4. The van der Waals surface area contributed by atoms with E-state index in [9.17, 15) is 9.59 Å². The molecule has 0 unspecified atom stereocenters. The molecule has 31 heavy (non-hydrogen) atoms. The predicted molar refractivity (Wildman–Crippen MR) is 116 cm³/mol. The lowest BCUT2D eigenvalue weighted by molar-refractivity contribution is -0.113. The van der Waals surface area contributed by atoms with E-state index >= 15 is 0 Å². The summed E-state index contributed by atoms with van der Waals surface area (Å²) in [6.07, 6.45) is 1.45. The van der Waals surface area contributed by atoms with Crippen LogP contribution in [0.2, 0.25) is 5.02 Å². The average Bonchev–Trinajstić information content (AvgIpc) is 3.40. The zero-order valence-electron chi connectivity index (χ0n) is 15.8. The Balaban J connectivity index is 1.33. The Kier molecular flexibility index (Phi) is 5.00. The molecule has 1 amide bonds. The number of fused-ring (bicyclic) bond motifs is 2. The molecule has 0 atom stereocenters. The van der Waals surface area contributed by atoms with Gasteiger partial charge in [0.15, 0.2) is 22.3 Å². The summed E-state index contributed by atoms with van der Waals surface area (Å²) in [4.78, 5) is 31.9. The van der Waals surface area contributed by atoms with Crippen LogP contribution in [-0.2, 0) is 4.79 Å². The molecule has 11 heteroatoms. The SMILES string of the molecule is O=C(CSc1nc2c(cnn2-c2ccc(Cl)cc2)c(=O)[nH]1)Nc1ccc2c(c1)OCO2. The highest BCUT2D eigenvalue weighted by atomic mass is 35.5. The second-order valence-electron chi connectivity index (χ2n) is 6.55. The van der Waals surface area contributed by atoms with Crippen molar-refractivity contribution in [3.05, 3.63) is 64.0 Å². The van der Waals surface area contributed by atoms with Crippen molar-refractivity contribution in [1.82, 2.24) is 19.7 Å². The largest absolute Gasteiger partial charge is 0.454 e. The van der Waals surface area contributed by atoms with Crippen LogP contribution < -0.4 is 20.3 Å². The fraction of sp³-hybridized carbons (Fsp3) is 0.100. The van der Waals surface area contributed by atoms with E-state index in [1.165, 1.54) is 6.20 Å². The topological polar surface area (TPSA) is 111 Å². The van der Waals surface area contributed by atoms with Crippen molar-refractivity contribution in [3.63, 3.8) is 0 Å². The minimum Gasteiger partial charge on any atom is -0.454 e. The number of thioether (sulfide) groups is 1. The quantitative estimate of drug-likeness (QED) is 0.351. The van der Waals surface area contributed by atoms with E-state index in [0.29, 0.717) is 44.1 Å². The number of carbonyl (C=O) groups excluding carboxylic acids is 1. The maximum Gasteiger partial charge on any atom is 0.262 e. The van der Waals surface area contributed by atoms with Gasteiger partial charge < -0.3 is 19.8 Å². The summed E-state index contributed by atoms with van der Waals surface area (Å²) >= 11 is 7.06. The summed E-state index contributed by atoms with van der Waals surface area (Å²) in [5.41, 5.74) is 1.37. The summed E-state index contributed by atoms with van der Waals surface area (Å²) in [6, 6.07) is 12.2. The molecule has 0 fully saturated rings. The Bertz CT molecular complexity index is 1350. The van der Waals surface area contributed by atoms with Crippen LogP contribution in [0.25, 0.3) is 16.7 Å². The average molecular weight is 456 g/mol. The van der Waals surface area contributed by atoms with Crippen molar-refractivity contribution in [1.29, 1.82) is 0 Å². The number of halogens is 1. The molecule has 3 heterocycles. The molecule has 0 saturated heterocycles. The number of hydrogen-bond donors (Lipinski definition) is 2. The van der Waals surface area contributed by atoms with Gasteiger partial charge >= 0.3 is 0 Å². The molecule has 0 aliphatic carbocycles. The van der Waals surface area contributed by atoms with Gasteiger partial charge in [-0.15, -0.1) is 0 Å². The molecule has 5 rings (SSSR count). The molecule has 9 nitrogen and oxygen atoms in total. The van der Waals surface area contributed by atoms with E-state index in [2.05, 4.69) is 20.4 Å². The minimum atomic E-state index is -0.330. The van der Waals surface area contributed by atoms with Crippen LogP contribution in [0.3, 0.4) is 0 Å². The van der Waals surface area contributed by atoms with Crippen molar-refractivity contribution in [3.8, 4) is 17.2 Å². The maximum absolute atomic E-state index is 12.4. The van der Waals surface area contributed by atoms with E-state index < -0.39 is 0 Å². The standard InChI is InChI=1S/C20H14ClN5O4S/c21-11-1-4-13(5-2-11)26-18-14(8-22-26)19(28)25-20(24-18)31-9-17(27)23-12-3-6-15-16(7-12)30-10-29-15/h1-8H,9-10H2,(H,23,27)(H,24,25,28). The molecular weight excluding hydrogens is 442 g/mol. The maximum atomic E-state index is 12.4. The Morgan fingerprint density at radius 1 is 1.19 bits per heavy atom. The van der Waals surface area contributed by atoms with Gasteiger partial charge in [-0.25, -0.2) is 9.67 Å². The first-order chi connectivity index (χ1) is 15.1. The van der Waals surface area contributed by atoms with E-state index in [1.54, 1.807) is 47.1 Å². The Morgan fingerprint density at radius 3 is 2.84 bits per heavy atom. The Labute approximate surface area is 184 Å². The third kappa shape index (κ3) is 3.94. The normalized spacial score (nSPS) is 12.3. The summed E-state index contributed by atoms with van der Waals surface area (Å²) in [5.74, 6) is 1.02. The van der Waals surface area contributed by atoms with Gasteiger partial charge in [-0.1, -0.05) is 23.4 Å². The number of H-pyrrole nitrogens is 1. The molecule has 156 valence electrons. The summed E-state index contributed by atoms with van der Waals surface area (Å²) < 4.78 is 12.1. The Hall–Kier alpha value is -3.50. The highest BCUT2D eigenvalue weighted by Crippen LogP contribution is 2.34. The van der Waals surface area contributed by atoms with Crippen LogP contribution in [-0.4, -0.2) is 38.2 Å². The van der Waals surface area contributed by atoms with Crippen molar-refractivity contribution in [2.45, 2.75) is 5.16 Å². The molecule has 0 bridgehead atoms. The molecule has 4 aromatic rings. The van der Waals surface area contributed by atoms with E-state index in [0.717, 1.165) is 11.8 Å². The van der Waals surface area contributed by atoms with Crippen molar-refractivity contribution >= 4 is 46.0 Å². The smallest absolute Gasteiger partial charge is 0.262 e. The van der Waals surface area contributed by atoms with Crippen LogP contribution in [0.1, 0.15) is 0 Å². The van der Waals surface area contributed by atoms with E-state index in [1.807, 2.05) is 0 Å². The lowest BCUT2D eigenvalue weighted by Crippen LogP contribution is -2.15. The molecule has 0 saturated carbocycles. The first-order valence-electron chi connectivity index (χ1n) is 9.13. The van der Waals surface area contributed by atoms with Gasteiger partial charge in [-0.05, 0) is 36.4 Å². The van der Waals surface area contributed by atoms with Gasteiger partial charge in [0, 0.05) is 16.8 Å². The number of ether oxygens (including phenoxy) is 2. The molecule has 0 radical (unpaired) electrons. The number of carbonyl (C=O) groups is 1.